The predicted molar refractivity (Wildman–Crippen MR) is 105 cm³/mol. The molecular formula is C21H28N4O3. The number of ether oxygens (including phenoxy) is 2. The number of pyridine rings is 1. The topological polar surface area (TPSA) is 69.5 Å². The summed E-state index contributed by atoms with van der Waals surface area (Å²) in [5.74, 6) is 2.24. The maximum atomic E-state index is 12.8. The molecule has 0 bridgehead atoms. The van der Waals surface area contributed by atoms with Crippen molar-refractivity contribution in [3.05, 3.63) is 41.6 Å². The molecule has 2 fully saturated rings. The minimum absolute atomic E-state index is 0.0422. The molecular weight excluding hydrogens is 356 g/mol. The van der Waals surface area contributed by atoms with E-state index in [1.165, 1.54) is 11.5 Å². The van der Waals surface area contributed by atoms with Gasteiger partial charge in [-0.25, -0.2) is 9.97 Å². The van der Waals surface area contributed by atoms with Crippen LogP contribution in [-0.2, 0) is 4.74 Å². The third kappa shape index (κ3) is 3.76. The lowest BCUT2D eigenvalue weighted by atomic mass is 9.97. The molecule has 2 aliphatic rings. The van der Waals surface area contributed by atoms with Crippen LogP contribution in [0.4, 0.5) is 0 Å². The maximum Gasteiger partial charge on any atom is 0.255 e. The Morgan fingerprint density at radius 3 is 2.50 bits per heavy atom. The number of hydrogen-bond acceptors (Lipinski definition) is 5. The van der Waals surface area contributed by atoms with Gasteiger partial charge in [0.05, 0.1) is 12.7 Å². The minimum Gasteiger partial charge on any atom is -0.481 e. The van der Waals surface area contributed by atoms with Gasteiger partial charge in [-0.2, -0.15) is 0 Å². The second kappa shape index (κ2) is 8.31. The van der Waals surface area contributed by atoms with Gasteiger partial charge in [0, 0.05) is 62.4 Å². The van der Waals surface area contributed by atoms with Gasteiger partial charge in [0.2, 0.25) is 5.88 Å². The van der Waals surface area contributed by atoms with Gasteiger partial charge in [0.1, 0.15) is 5.82 Å². The average Bonchev–Trinajstić information content (AvgIpc) is 3.15. The zero-order valence-corrected chi connectivity index (χ0v) is 16.6. The van der Waals surface area contributed by atoms with E-state index in [1.54, 1.807) is 25.4 Å². The maximum absolute atomic E-state index is 12.8. The van der Waals surface area contributed by atoms with E-state index in [0.717, 1.165) is 52.0 Å². The van der Waals surface area contributed by atoms with Gasteiger partial charge in [0.25, 0.3) is 5.91 Å². The highest BCUT2D eigenvalue weighted by Gasteiger charge is 2.29. The van der Waals surface area contributed by atoms with E-state index in [0.29, 0.717) is 23.4 Å². The first kappa shape index (κ1) is 18.9. The molecule has 150 valence electrons. The number of amides is 1. The largest absolute Gasteiger partial charge is 0.481 e. The summed E-state index contributed by atoms with van der Waals surface area (Å²) in [5, 5.41) is 0. The summed E-state index contributed by atoms with van der Waals surface area (Å²) in [6.07, 6.45) is 7.56. The highest BCUT2D eigenvalue weighted by Crippen LogP contribution is 2.32. The fraction of sp³-hybridized carbons (Fsp3) is 0.571. The van der Waals surface area contributed by atoms with E-state index in [4.69, 9.17) is 14.5 Å². The van der Waals surface area contributed by atoms with Crippen LogP contribution >= 0.6 is 0 Å². The molecule has 0 N–H and O–H groups in total. The Hall–Kier alpha value is -2.41. The number of hydrogen-bond donors (Lipinski definition) is 0. The first-order chi connectivity index (χ1) is 13.7. The van der Waals surface area contributed by atoms with Crippen LogP contribution in [0.3, 0.4) is 0 Å². The molecule has 0 saturated carbocycles. The second-order valence-corrected chi connectivity index (χ2v) is 7.63. The van der Waals surface area contributed by atoms with Crippen LogP contribution in [0.1, 0.15) is 59.5 Å². The molecule has 1 amide bonds. The van der Waals surface area contributed by atoms with Gasteiger partial charge >= 0.3 is 0 Å². The number of carbonyl (C=O) groups is 1. The number of carbonyl (C=O) groups excluding carboxylic acids is 1. The molecule has 28 heavy (non-hydrogen) atoms. The normalized spacial score (nSPS) is 19.0. The van der Waals surface area contributed by atoms with E-state index in [9.17, 15) is 4.79 Å². The van der Waals surface area contributed by atoms with Crippen LogP contribution in [0.5, 0.6) is 5.88 Å². The predicted octanol–water partition coefficient (Wildman–Crippen LogP) is 2.97. The highest BCUT2D eigenvalue weighted by atomic mass is 16.5. The molecule has 0 atom stereocenters. The number of rotatable bonds is 4. The highest BCUT2D eigenvalue weighted by molar-refractivity contribution is 5.94. The molecule has 2 saturated heterocycles. The SMILES string of the molecule is COc1ccc(C(=O)N2CCC(n3c(C)cnc3C3CCOCC3)CC2)cn1. The number of aryl methyl sites for hydroxylation is 1. The van der Waals surface area contributed by atoms with Crippen LogP contribution < -0.4 is 4.74 Å². The number of nitrogens with zero attached hydrogens (tertiary/aromatic N) is 4. The number of aromatic nitrogens is 3. The summed E-state index contributed by atoms with van der Waals surface area (Å²) in [6, 6.07) is 3.91. The summed E-state index contributed by atoms with van der Waals surface area (Å²) in [7, 11) is 1.57. The van der Waals surface area contributed by atoms with Crippen molar-refractivity contribution in [2.45, 2.75) is 44.6 Å². The first-order valence-corrected chi connectivity index (χ1v) is 10.1. The summed E-state index contributed by atoms with van der Waals surface area (Å²) < 4.78 is 13.0. The van der Waals surface area contributed by atoms with Gasteiger partial charge in [-0.3, -0.25) is 4.79 Å². The van der Waals surface area contributed by atoms with Crippen molar-refractivity contribution < 1.29 is 14.3 Å². The fourth-order valence-corrected chi connectivity index (χ4v) is 4.33. The van der Waals surface area contributed by atoms with Crippen LogP contribution in [0.25, 0.3) is 0 Å². The standard InChI is InChI=1S/C21H28N4O3/c1-15-13-23-20(16-7-11-28-12-8-16)25(15)18-5-9-24(10-6-18)21(26)17-3-4-19(27-2)22-14-17/h3-4,13-14,16,18H,5-12H2,1-2H3. The van der Waals surface area contributed by atoms with Gasteiger partial charge in [-0.1, -0.05) is 0 Å². The van der Waals surface area contributed by atoms with Crippen molar-refractivity contribution in [2.75, 3.05) is 33.4 Å². The molecule has 0 aromatic carbocycles. The smallest absolute Gasteiger partial charge is 0.255 e. The van der Waals surface area contributed by atoms with Crippen LogP contribution in [0, 0.1) is 6.92 Å². The monoisotopic (exact) mass is 384 g/mol. The van der Waals surface area contributed by atoms with E-state index in [-0.39, 0.29) is 5.91 Å². The first-order valence-electron chi connectivity index (χ1n) is 10.1. The Morgan fingerprint density at radius 1 is 1.11 bits per heavy atom. The van der Waals surface area contributed by atoms with E-state index in [1.807, 2.05) is 11.1 Å². The molecule has 0 spiro atoms. The van der Waals surface area contributed by atoms with E-state index in [2.05, 4.69) is 16.5 Å². The lowest BCUT2D eigenvalue weighted by molar-refractivity contribution is 0.0682. The summed E-state index contributed by atoms with van der Waals surface area (Å²) in [4.78, 5) is 23.6. The van der Waals surface area contributed by atoms with Gasteiger partial charge in [0.15, 0.2) is 0 Å². The van der Waals surface area contributed by atoms with Crippen LogP contribution in [0.15, 0.2) is 24.5 Å². The third-order valence-corrected chi connectivity index (χ3v) is 5.91. The van der Waals surface area contributed by atoms with Crippen LogP contribution in [-0.4, -0.2) is 58.8 Å². The molecule has 7 heteroatoms. The molecule has 4 rings (SSSR count). The van der Waals surface area contributed by atoms with Gasteiger partial charge in [-0.05, 0) is 38.7 Å². The van der Waals surface area contributed by atoms with Gasteiger partial charge < -0.3 is 18.9 Å². The molecule has 0 unspecified atom stereocenters. The minimum atomic E-state index is 0.0422. The molecule has 0 aliphatic carbocycles. The quantitative estimate of drug-likeness (QED) is 0.811. The zero-order valence-electron chi connectivity index (χ0n) is 16.6. The van der Waals surface area contributed by atoms with E-state index >= 15 is 0 Å². The molecule has 2 aliphatic heterocycles. The van der Waals surface area contributed by atoms with Crippen molar-refractivity contribution in [3.8, 4) is 5.88 Å². The second-order valence-electron chi connectivity index (χ2n) is 7.63. The lowest BCUT2D eigenvalue weighted by Crippen LogP contribution is -2.39. The van der Waals surface area contributed by atoms with Crippen molar-refractivity contribution >= 4 is 5.91 Å². The third-order valence-electron chi connectivity index (χ3n) is 5.91. The van der Waals surface area contributed by atoms with Crippen molar-refractivity contribution in [1.29, 1.82) is 0 Å². The molecule has 0 radical (unpaired) electrons. The van der Waals surface area contributed by atoms with E-state index < -0.39 is 0 Å². The van der Waals surface area contributed by atoms with Crippen molar-refractivity contribution in [3.63, 3.8) is 0 Å². The molecule has 7 nitrogen and oxygen atoms in total. The number of methoxy groups -OCH3 is 1. The van der Waals surface area contributed by atoms with Crippen molar-refractivity contribution in [1.82, 2.24) is 19.4 Å². The zero-order chi connectivity index (χ0) is 19.5. The number of likely N-dealkylation sites (tertiary alicyclic amines) is 1. The average molecular weight is 384 g/mol. The Labute approximate surface area is 165 Å². The molecule has 2 aromatic heterocycles. The Kier molecular flexibility index (Phi) is 5.62. The molecule has 2 aromatic rings. The van der Waals surface area contributed by atoms with Gasteiger partial charge in [-0.15, -0.1) is 0 Å². The Balaban J connectivity index is 1.43. The number of piperidine rings is 1. The summed E-state index contributed by atoms with van der Waals surface area (Å²) in [5.41, 5.74) is 1.83. The fourth-order valence-electron chi connectivity index (χ4n) is 4.33. The Bertz CT molecular complexity index is 804. The van der Waals surface area contributed by atoms with Crippen molar-refractivity contribution in [2.24, 2.45) is 0 Å². The summed E-state index contributed by atoms with van der Waals surface area (Å²) in [6.45, 7) is 5.27. The number of imidazole rings is 1. The Morgan fingerprint density at radius 2 is 1.86 bits per heavy atom. The summed E-state index contributed by atoms with van der Waals surface area (Å²) >= 11 is 0. The lowest BCUT2D eigenvalue weighted by Gasteiger charge is -2.35. The van der Waals surface area contributed by atoms with Crippen LogP contribution in [0.2, 0.25) is 0 Å². The molecule has 4 heterocycles.